The third-order valence-electron chi connectivity index (χ3n) is 4.59. The minimum absolute atomic E-state index is 0.0815. The first-order chi connectivity index (χ1) is 11.5. The normalized spacial score (nSPS) is 20.5. The van der Waals surface area contributed by atoms with Crippen molar-refractivity contribution in [3.63, 3.8) is 0 Å². The smallest absolute Gasteiger partial charge is 0.170 e. The highest BCUT2D eigenvalue weighted by Gasteiger charge is 2.41. The molecule has 1 fully saturated rings. The number of thiocarbonyl (C=S) groups is 1. The largest absolute Gasteiger partial charge is 0.362 e. The SMILES string of the molecule is CCCCN1C(=S)NC(c2ccccn2)C1c1c(C)[nH]c(C)c1I. The van der Waals surface area contributed by atoms with Gasteiger partial charge in [0.25, 0.3) is 0 Å². The predicted molar refractivity (Wildman–Crippen MR) is 110 cm³/mol. The van der Waals surface area contributed by atoms with Gasteiger partial charge in [0.15, 0.2) is 5.11 Å². The summed E-state index contributed by atoms with van der Waals surface area (Å²) in [5.74, 6) is 0. The zero-order chi connectivity index (χ0) is 17.3. The first-order valence-electron chi connectivity index (χ1n) is 8.37. The molecule has 4 nitrogen and oxygen atoms in total. The summed E-state index contributed by atoms with van der Waals surface area (Å²) in [4.78, 5) is 10.4. The van der Waals surface area contributed by atoms with Gasteiger partial charge in [-0.3, -0.25) is 4.98 Å². The fourth-order valence-electron chi connectivity index (χ4n) is 3.41. The quantitative estimate of drug-likeness (QED) is 0.519. The summed E-state index contributed by atoms with van der Waals surface area (Å²) < 4.78 is 1.30. The number of H-pyrrole nitrogens is 1. The van der Waals surface area contributed by atoms with Crippen molar-refractivity contribution in [2.45, 2.75) is 45.7 Å². The van der Waals surface area contributed by atoms with Crippen molar-refractivity contribution in [1.29, 1.82) is 0 Å². The second-order valence-electron chi connectivity index (χ2n) is 6.28. The Hall–Kier alpha value is -1.15. The van der Waals surface area contributed by atoms with E-state index in [2.05, 4.69) is 69.6 Å². The third kappa shape index (κ3) is 3.18. The monoisotopic (exact) mass is 454 g/mol. The third-order valence-corrected chi connectivity index (χ3v) is 6.33. The van der Waals surface area contributed by atoms with Gasteiger partial charge in [-0.2, -0.15) is 0 Å². The number of aryl methyl sites for hydroxylation is 2. The lowest BCUT2D eigenvalue weighted by Crippen LogP contribution is -2.31. The summed E-state index contributed by atoms with van der Waals surface area (Å²) >= 11 is 8.13. The number of nitrogens with zero attached hydrogens (tertiary/aromatic N) is 2. The fraction of sp³-hybridized carbons (Fsp3) is 0.444. The topological polar surface area (TPSA) is 44.0 Å². The van der Waals surface area contributed by atoms with Crippen LogP contribution in [0.4, 0.5) is 0 Å². The van der Waals surface area contributed by atoms with Crippen molar-refractivity contribution < 1.29 is 0 Å². The van der Waals surface area contributed by atoms with Crippen LogP contribution in [0.1, 0.15) is 54.5 Å². The van der Waals surface area contributed by atoms with Crippen molar-refractivity contribution in [2.75, 3.05) is 6.54 Å². The number of nitrogens with one attached hydrogen (secondary N) is 2. The zero-order valence-corrected chi connectivity index (χ0v) is 17.2. The van der Waals surface area contributed by atoms with Crippen molar-refractivity contribution in [3.05, 3.63) is 50.6 Å². The highest BCUT2D eigenvalue weighted by atomic mass is 127. The van der Waals surface area contributed by atoms with Crippen molar-refractivity contribution >= 4 is 39.9 Å². The second kappa shape index (κ2) is 7.39. The molecule has 2 aromatic heterocycles. The van der Waals surface area contributed by atoms with E-state index in [-0.39, 0.29) is 12.1 Å². The number of hydrogen-bond acceptors (Lipinski definition) is 2. The molecule has 3 heterocycles. The van der Waals surface area contributed by atoms with Gasteiger partial charge in [-0.05, 0) is 67.2 Å². The molecule has 2 N–H and O–H groups in total. The van der Waals surface area contributed by atoms with E-state index in [0.717, 1.165) is 30.2 Å². The number of aromatic amines is 1. The minimum Gasteiger partial charge on any atom is -0.362 e. The molecule has 0 amide bonds. The molecule has 24 heavy (non-hydrogen) atoms. The van der Waals surface area contributed by atoms with Crippen molar-refractivity contribution in [2.24, 2.45) is 0 Å². The molecule has 128 valence electrons. The number of unbranched alkanes of at least 4 members (excludes halogenated alkanes) is 1. The van der Waals surface area contributed by atoms with E-state index in [1.165, 1.54) is 20.5 Å². The molecule has 3 rings (SSSR count). The first kappa shape index (κ1) is 17.7. The van der Waals surface area contributed by atoms with Gasteiger partial charge in [0, 0.05) is 33.3 Å². The van der Waals surface area contributed by atoms with Crippen LogP contribution in [-0.4, -0.2) is 26.5 Å². The standard InChI is InChI=1S/C18H23IN4S/c1-4-5-10-23-17(14-11(2)21-12(3)15(14)19)16(22-18(23)24)13-8-6-7-9-20-13/h6-9,16-17,21H,4-5,10H2,1-3H3,(H,22,24). The van der Waals surface area contributed by atoms with E-state index in [0.29, 0.717) is 0 Å². The molecule has 2 aromatic rings. The molecule has 0 spiro atoms. The minimum atomic E-state index is 0.0815. The molecule has 0 aliphatic carbocycles. The van der Waals surface area contributed by atoms with E-state index in [9.17, 15) is 0 Å². The zero-order valence-electron chi connectivity index (χ0n) is 14.3. The van der Waals surface area contributed by atoms with E-state index in [4.69, 9.17) is 12.2 Å². The molecule has 6 heteroatoms. The van der Waals surface area contributed by atoms with Crippen LogP contribution in [-0.2, 0) is 0 Å². The molecule has 1 saturated heterocycles. The Bertz CT molecular complexity index is 728. The Morgan fingerprint density at radius 1 is 1.29 bits per heavy atom. The lowest BCUT2D eigenvalue weighted by molar-refractivity contribution is 0.311. The van der Waals surface area contributed by atoms with Gasteiger partial charge in [0.2, 0.25) is 0 Å². The Morgan fingerprint density at radius 3 is 2.67 bits per heavy atom. The summed E-state index contributed by atoms with van der Waals surface area (Å²) in [6.45, 7) is 7.47. The van der Waals surface area contributed by atoms with Crippen LogP contribution in [0.5, 0.6) is 0 Å². The van der Waals surface area contributed by atoms with Gasteiger partial charge < -0.3 is 15.2 Å². The Balaban J connectivity index is 2.07. The second-order valence-corrected chi connectivity index (χ2v) is 7.74. The van der Waals surface area contributed by atoms with E-state index >= 15 is 0 Å². The number of rotatable bonds is 5. The maximum absolute atomic E-state index is 5.68. The van der Waals surface area contributed by atoms with Crippen molar-refractivity contribution in [1.82, 2.24) is 20.2 Å². The average molecular weight is 454 g/mol. The summed E-state index contributed by atoms with van der Waals surface area (Å²) in [5, 5.41) is 4.35. The molecular weight excluding hydrogens is 431 g/mol. The molecule has 0 radical (unpaired) electrons. The summed E-state index contributed by atoms with van der Waals surface area (Å²) in [5.41, 5.74) is 4.82. The number of hydrogen-bond donors (Lipinski definition) is 2. The van der Waals surface area contributed by atoms with Crippen LogP contribution in [0.25, 0.3) is 0 Å². The summed E-state index contributed by atoms with van der Waals surface area (Å²) in [7, 11) is 0. The molecule has 0 bridgehead atoms. The van der Waals surface area contributed by atoms with E-state index < -0.39 is 0 Å². The lowest BCUT2D eigenvalue weighted by atomic mass is 9.96. The van der Waals surface area contributed by atoms with Gasteiger partial charge in [0.05, 0.1) is 17.8 Å². The Labute approximate surface area is 162 Å². The van der Waals surface area contributed by atoms with Gasteiger partial charge in [-0.1, -0.05) is 19.4 Å². The van der Waals surface area contributed by atoms with Crippen LogP contribution in [0, 0.1) is 17.4 Å². The van der Waals surface area contributed by atoms with Crippen LogP contribution >= 0.6 is 34.8 Å². The van der Waals surface area contributed by atoms with Crippen molar-refractivity contribution in [3.8, 4) is 0 Å². The maximum Gasteiger partial charge on any atom is 0.170 e. The van der Waals surface area contributed by atoms with Crippen LogP contribution in [0.15, 0.2) is 24.4 Å². The maximum atomic E-state index is 5.68. The molecule has 0 saturated carbocycles. The number of aromatic nitrogens is 2. The Kier molecular flexibility index (Phi) is 5.44. The number of halogens is 1. The number of pyridine rings is 1. The fourth-order valence-corrected chi connectivity index (χ4v) is 4.60. The molecule has 1 aliphatic rings. The van der Waals surface area contributed by atoms with Gasteiger partial charge >= 0.3 is 0 Å². The molecule has 2 unspecified atom stereocenters. The van der Waals surface area contributed by atoms with E-state index in [1.54, 1.807) is 0 Å². The van der Waals surface area contributed by atoms with Crippen LogP contribution in [0.2, 0.25) is 0 Å². The first-order valence-corrected chi connectivity index (χ1v) is 9.86. The average Bonchev–Trinajstić information content (AvgIpc) is 3.02. The lowest BCUT2D eigenvalue weighted by Gasteiger charge is -2.28. The molecule has 0 aromatic carbocycles. The van der Waals surface area contributed by atoms with Gasteiger partial charge in [-0.15, -0.1) is 0 Å². The van der Waals surface area contributed by atoms with Gasteiger partial charge in [0.1, 0.15) is 0 Å². The molecule has 2 atom stereocenters. The summed E-state index contributed by atoms with van der Waals surface area (Å²) in [6, 6.07) is 6.33. The van der Waals surface area contributed by atoms with Gasteiger partial charge in [-0.25, -0.2) is 0 Å². The van der Waals surface area contributed by atoms with E-state index in [1.807, 2.05) is 18.3 Å². The predicted octanol–water partition coefficient (Wildman–Crippen LogP) is 4.40. The summed E-state index contributed by atoms with van der Waals surface area (Å²) in [6.07, 6.45) is 4.14. The van der Waals surface area contributed by atoms with Crippen LogP contribution < -0.4 is 5.32 Å². The molecule has 1 aliphatic heterocycles. The van der Waals surface area contributed by atoms with Crippen LogP contribution in [0.3, 0.4) is 0 Å². The highest BCUT2D eigenvalue weighted by Crippen LogP contribution is 2.42. The molecular formula is C18H23IN4S. The highest BCUT2D eigenvalue weighted by molar-refractivity contribution is 14.1. The Morgan fingerprint density at radius 2 is 2.08 bits per heavy atom.